The summed E-state index contributed by atoms with van der Waals surface area (Å²) in [6, 6.07) is 5.72. The Kier molecular flexibility index (Phi) is 9.90. The van der Waals surface area contributed by atoms with Gasteiger partial charge in [-0.15, -0.1) is 24.0 Å². The van der Waals surface area contributed by atoms with E-state index >= 15 is 0 Å². The lowest BCUT2D eigenvalue weighted by Crippen LogP contribution is -2.37. The number of nitrogens with zero attached hydrogens (tertiary/aromatic N) is 3. The highest BCUT2D eigenvalue weighted by Gasteiger charge is 2.10. The third-order valence-electron chi connectivity index (χ3n) is 3.80. The number of rotatable bonds is 8. The minimum absolute atomic E-state index is 0. The summed E-state index contributed by atoms with van der Waals surface area (Å²) in [4.78, 5) is 8.58. The molecule has 2 rings (SSSR count). The molecule has 0 radical (unpaired) electrons. The predicted octanol–water partition coefficient (Wildman–Crippen LogP) is 2.74. The second-order valence-corrected chi connectivity index (χ2v) is 5.98. The first kappa shape index (κ1) is 23.0. The molecule has 1 heterocycles. The maximum absolute atomic E-state index is 5.41. The molecule has 27 heavy (non-hydrogen) atoms. The van der Waals surface area contributed by atoms with Gasteiger partial charge in [-0.05, 0) is 12.1 Å². The molecule has 0 unspecified atom stereocenters. The average Bonchev–Trinajstić information content (AvgIpc) is 3.13. The molecule has 2 N–H and O–H groups in total. The number of halogens is 1. The van der Waals surface area contributed by atoms with Crippen molar-refractivity contribution in [3.8, 4) is 11.5 Å². The van der Waals surface area contributed by atoms with E-state index in [9.17, 15) is 0 Å². The quantitative estimate of drug-likeness (QED) is 0.335. The maximum Gasteiger partial charge on any atom is 0.228 e. The minimum Gasteiger partial charge on any atom is -0.497 e. The van der Waals surface area contributed by atoms with E-state index in [1.807, 2.05) is 32.0 Å². The Balaban J connectivity index is 0.00000364. The van der Waals surface area contributed by atoms with Gasteiger partial charge in [0, 0.05) is 44.1 Å². The number of benzene rings is 1. The molecule has 1 aromatic heterocycles. The Hall–Kier alpha value is -2.04. The summed E-state index contributed by atoms with van der Waals surface area (Å²) in [5, 5.41) is 10.5. The van der Waals surface area contributed by atoms with E-state index in [4.69, 9.17) is 14.0 Å². The van der Waals surface area contributed by atoms with Crippen LogP contribution in [0.25, 0.3) is 0 Å². The van der Waals surface area contributed by atoms with Crippen molar-refractivity contribution in [3.63, 3.8) is 0 Å². The first-order valence-electron chi connectivity index (χ1n) is 8.55. The normalized spacial score (nSPS) is 11.1. The summed E-state index contributed by atoms with van der Waals surface area (Å²) in [5.74, 6) is 3.82. The third-order valence-corrected chi connectivity index (χ3v) is 3.80. The smallest absolute Gasteiger partial charge is 0.228 e. The Morgan fingerprint density at radius 2 is 2.00 bits per heavy atom. The average molecular weight is 489 g/mol. The van der Waals surface area contributed by atoms with E-state index in [0.29, 0.717) is 31.4 Å². The molecule has 9 heteroatoms. The van der Waals surface area contributed by atoms with Crippen molar-refractivity contribution in [2.24, 2.45) is 4.99 Å². The summed E-state index contributed by atoms with van der Waals surface area (Å²) in [5.41, 5.74) is 1.01. The van der Waals surface area contributed by atoms with Crippen LogP contribution < -0.4 is 20.1 Å². The fraction of sp³-hybridized carbons (Fsp3) is 0.500. The van der Waals surface area contributed by atoms with Crippen LogP contribution in [0.15, 0.2) is 27.7 Å². The lowest BCUT2D eigenvalue weighted by molar-refractivity contribution is 0.371. The number of aromatic nitrogens is 2. The molecule has 1 aromatic carbocycles. The Labute approximate surface area is 177 Å². The molecule has 0 saturated carbocycles. The Morgan fingerprint density at radius 1 is 1.22 bits per heavy atom. The fourth-order valence-electron chi connectivity index (χ4n) is 2.29. The van der Waals surface area contributed by atoms with Crippen molar-refractivity contribution in [2.75, 3.05) is 27.8 Å². The van der Waals surface area contributed by atoms with Crippen molar-refractivity contribution in [1.29, 1.82) is 0 Å². The van der Waals surface area contributed by atoms with Crippen LogP contribution in [0.4, 0.5) is 0 Å². The first-order chi connectivity index (χ1) is 12.6. The van der Waals surface area contributed by atoms with Crippen molar-refractivity contribution >= 4 is 29.9 Å². The van der Waals surface area contributed by atoms with Crippen LogP contribution in [0.5, 0.6) is 11.5 Å². The number of guanidine groups is 1. The van der Waals surface area contributed by atoms with Gasteiger partial charge in [-0.2, -0.15) is 4.98 Å². The molecule has 0 amide bonds. The van der Waals surface area contributed by atoms with Crippen LogP contribution >= 0.6 is 24.0 Å². The zero-order valence-electron chi connectivity index (χ0n) is 16.4. The summed E-state index contributed by atoms with van der Waals surface area (Å²) < 4.78 is 15.9. The van der Waals surface area contributed by atoms with Crippen LogP contribution in [0.2, 0.25) is 0 Å². The number of ether oxygens (including phenoxy) is 2. The molecule has 150 valence electrons. The molecule has 0 atom stereocenters. The van der Waals surface area contributed by atoms with Crippen LogP contribution in [0.1, 0.15) is 37.0 Å². The molecule has 2 aromatic rings. The predicted molar refractivity (Wildman–Crippen MR) is 115 cm³/mol. The molecule has 0 aliphatic carbocycles. The van der Waals surface area contributed by atoms with Crippen molar-refractivity contribution in [3.05, 3.63) is 35.5 Å². The topological polar surface area (TPSA) is 93.8 Å². The summed E-state index contributed by atoms with van der Waals surface area (Å²) in [6.45, 7) is 5.28. The van der Waals surface area contributed by atoms with Crippen LogP contribution in [0, 0.1) is 0 Å². The Morgan fingerprint density at radius 3 is 2.59 bits per heavy atom. The molecule has 0 saturated heterocycles. The zero-order chi connectivity index (χ0) is 18.9. The molecule has 0 bridgehead atoms. The largest absolute Gasteiger partial charge is 0.497 e. The SMILES string of the molecule is CN=C(NCCc1nc(C(C)C)no1)NCc1ccc(OC)cc1OC.I. The number of hydrogen-bond donors (Lipinski definition) is 2. The second kappa shape index (κ2) is 11.6. The lowest BCUT2D eigenvalue weighted by atomic mass is 10.2. The van der Waals surface area contributed by atoms with Crippen molar-refractivity contribution in [2.45, 2.75) is 32.7 Å². The van der Waals surface area contributed by atoms with Crippen LogP contribution in [-0.2, 0) is 13.0 Å². The van der Waals surface area contributed by atoms with Gasteiger partial charge in [0.1, 0.15) is 11.5 Å². The monoisotopic (exact) mass is 489 g/mol. The van der Waals surface area contributed by atoms with E-state index in [1.165, 1.54) is 0 Å². The van der Waals surface area contributed by atoms with E-state index in [1.54, 1.807) is 21.3 Å². The summed E-state index contributed by atoms with van der Waals surface area (Å²) in [7, 11) is 5.00. The highest BCUT2D eigenvalue weighted by Crippen LogP contribution is 2.24. The van der Waals surface area contributed by atoms with Crippen molar-refractivity contribution < 1.29 is 14.0 Å². The maximum atomic E-state index is 5.41. The molecule has 0 spiro atoms. The lowest BCUT2D eigenvalue weighted by Gasteiger charge is -2.14. The van der Waals surface area contributed by atoms with E-state index < -0.39 is 0 Å². The van der Waals surface area contributed by atoms with E-state index in [0.717, 1.165) is 22.9 Å². The minimum atomic E-state index is 0. The molecular formula is C18H28IN5O3. The van der Waals surface area contributed by atoms with Crippen LogP contribution in [-0.4, -0.2) is 43.9 Å². The molecular weight excluding hydrogens is 461 g/mol. The third kappa shape index (κ3) is 6.89. The van der Waals surface area contributed by atoms with Gasteiger partial charge in [0.05, 0.1) is 14.2 Å². The van der Waals surface area contributed by atoms with Gasteiger partial charge >= 0.3 is 0 Å². The fourth-order valence-corrected chi connectivity index (χ4v) is 2.29. The van der Waals surface area contributed by atoms with Gasteiger partial charge < -0.3 is 24.6 Å². The summed E-state index contributed by atoms with van der Waals surface area (Å²) in [6.07, 6.45) is 0.631. The van der Waals surface area contributed by atoms with Gasteiger partial charge in [-0.1, -0.05) is 19.0 Å². The second-order valence-electron chi connectivity index (χ2n) is 5.98. The van der Waals surface area contributed by atoms with E-state index in [-0.39, 0.29) is 29.9 Å². The summed E-state index contributed by atoms with van der Waals surface area (Å²) >= 11 is 0. The van der Waals surface area contributed by atoms with E-state index in [2.05, 4.69) is 25.8 Å². The Bertz CT molecular complexity index is 734. The number of nitrogens with one attached hydrogen (secondary N) is 2. The van der Waals surface area contributed by atoms with Crippen LogP contribution in [0.3, 0.4) is 0 Å². The number of methoxy groups -OCH3 is 2. The number of aliphatic imine (C=N–C) groups is 1. The highest BCUT2D eigenvalue weighted by atomic mass is 127. The zero-order valence-corrected chi connectivity index (χ0v) is 18.7. The van der Waals surface area contributed by atoms with Gasteiger partial charge in [-0.25, -0.2) is 0 Å². The number of hydrogen-bond acceptors (Lipinski definition) is 6. The van der Waals surface area contributed by atoms with Gasteiger partial charge in [-0.3, -0.25) is 4.99 Å². The van der Waals surface area contributed by atoms with Crippen molar-refractivity contribution in [1.82, 2.24) is 20.8 Å². The standard InChI is InChI=1S/C18H27N5O3.HI/c1-12(2)17-22-16(26-23-17)8-9-20-18(19-3)21-11-13-6-7-14(24-4)10-15(13)25-5;/h6-7,10,12H,8-9,11H2,1-5H3,(H2,19,20,21);1H. The molecule has 0 aliphatic heterocycles. The van der Waals surface area contributed by atoms with Gasteiger partial charge in [0.15, 0.2) is 11.8 Å². The molecule has 0 aliphatic rings. The highest BCUT2D eigenvalue weighted by molar-refractivity contribution is 14.0. The molecule has 8 nitrogen and oxygen atoms in total. The van der Waals surface area contributed by atoms with Gasteiger partial charge in [0.2, 0.25) is 5.89 Å². The molecule has 0 fully saturated rings. The first-order valence-corrected chi connectivity index (χ1v) is 8.55. The van der Waals surface area contributed by atoms with Gasteiger partial charge in [0.25, 0.3) is 0 Å².